The molecule has 0 heterocycles. The zero-order valence-electron chi connectivity index (χ0n) is 16.1. The minimum Gasteiger partial charge on any atom is -0.450 e. The summed E-state index contributed by atoms with van der Waals surface area (Å²) in [6, 6.07) is 19.8. The van der Waals surface area contributed by atoms with Gasteiger partial charge in [0.15, 0.2) is 0 Å². The van der Waals surface area contributed by atoms with Gasteiger partial charge in [-0.25, -0.2) is 4.79 Å². The largest absolute Gasteiger partial charge is 0.450 e. The molecule has 0 saturated carbocycles. The van der Waals surface area contributed by atoms with E-state index in [0.717, 1.165) is 31.2 Å². The smallest absolute Gasteiger partial charge is 0.407 e. The molecule has 2 rings (SSSR count). The lowest BCUT2D eigenvalue weighted by molar-refractivity contribution is 0.121. The maximum absolute atomic E-state index is 12.1. The number of rotatable bonds is 11. The fourth-order valence-corrected chi connectivity index (χ4v) is 3.03. The van der Waals surface area contributed by atoms with E-state index in [2.05, 4.69) is 24.4 Å². The molecule has 0 saturated heterocycles. The van der Waals surface area contributed by atoms with E-state index in [1.54, 1.807) is 0 Å². The van der Waals surface area contributed by atoms with Crippen molar-refractivity contribution >= 4 is 6.09 Å². The molecule has 4 nitrogen and oxygen atoms in total. The predicted octanol–water partition coefficient (Wildman–Crippen LogP) is 5.03. The van der Waals surface area contributed by atoms with Crippen molar-refractivity contribution < 1.29 is 14.6 Å². The number of aryl methyl sites for hydroxylation is 1. The van der Waals surface area contributed by atoms with Gasteiger partial charge in [0.1, 0.15) is 0 Å². The molecule has 27 heavy (non-hydrogen) atoms. The Morgan fingerprint density at radius 3 is 2.37 bits per heavy atom. The average molecular weight is 370 g/mol. The lowest BCUT2D eigenvalue weighted by Gasteiger charge is -2.22. The number of hydrogen-bond donors (Lipinski definition) is 2. The second kappa shape index (κ2) is 12.1. The van der Waals surface area contributed by atoms with E-state index in [9.17, 15) is 9.90 Å². The van der Waals surface area contributed by atoms with Crippen molar-refractivity contribution in [2.75, 3.05) is 6.61 Å². The first kappa shape index (κ1) is 21.0. The SMILES string of the molecule is CCCCOC(=O)NC(CC(O)CCCc1ccccc1)c1ccccc1. The number of ether oxygens (including phenoxy) is 1. The molecule has 2 N–H and O–H groups in total. The Hall–Kier alpha value is -2.33. The highest BCUT2D eigenvalue weighted by molar-refractivity contribution is 5.67. The number of unbranched alkanes of at least 4 members (excludes halogenated alkanes) is 1. The fourth-order valence-electron chi connectivity index (χ4n) is 3.03. The molecular weight excluding hydrogens is 338 g/mol. The van der Waals surface area contributed by atoms with Gasteiger partial charge in [0.2, 0.25) is 0 Å². The lowest BCUT2D eigenvalue weighted by Crippen LogP contribution is -2.32. The molecular formula is C23H31NO3. The molecule has 0 aliphatic rings. The van der Waals surface area contributed by atoms with Crippen molar-refractivity contribution in [1.82, 2.24) is 5.32 Å². The molecule has 2 aromatic carbocycles. The van der Waals surface area contributed by atoms with Crippen LogP contribution in [0.1, 0.15) is 56.2 Å². The van der Waals surface area contributed by atoms with Crippen LogP contribution >= 0.6 is 0 Å². The zero-order chi connectivity index (χ0) is 19.3. The number of alkyl carbamates (subject to hydrolysis) is 1. The van der Waals surface area contributed by atoms with Crippen LogP contribution in [-0.2, 0) is 11.2 Å². The maximum Gasteiger partial charge on any atom is 0.407 e. The first-order valence-corrected chi connectivity index (χ1v) is 9.89. The highest BCUT2D eigenvalue weighted by Crippen LogP contribution is 2.21. The molecule has 4 heteroatoms. The van der Waals surface area contributed by atoms with Gasteiger partial charge in [-0.05, 0) is 43.2 Å². The molecule has 0 radical (unpaired) electrons. The number of carbonyl (C=O) groups excluding carboxylic acids is 1. The van der Waals surface area contributed by atoms with Crippen LogP contribution in [0.25, 0.3) is 0 Å². The molecule has 2 aromatic rings. The van der Waals surface area contributed by atoms with Crippen molar-refractivity contribution in [3.63, 3.8) is 0 Å². The van der Waals surface area contributed by atoms with Crippen molar-refractivity contribution in [3.05, 3.63) is 71.8 Å². The summed E-state index contributed by atoms with van der Waals surface area (Å²) in [5.41, 5.74) is 2.26. The number of nitrogens with one attached hydrogen (secondary N) is 1. The molecule has 0 fully saturated rings. The summed E-state index contributed by atoms with van der Waals surface area (Å²) >= 11 is 0. The molecule has 0 bridgehead atoms. The summed E-state index contributed by atoms with van der Waals surface area (Å²) in [6.07, 6.45) is 3.96. The predicted molar refractivity (Wildman–Crippen MR) is 109 cm³/mol. The van der Waals surface area contributed by atoms with Crippen LogP contribution in [0.4, 0.5) is 4.79 Å². The van der Waals surface area contributed by atoms with Crippen molar-refractivity contribution in [2.24, 2.45) is 0 Å². The third kappa shape index (κ3) is 8.27. The highest BCUT2D eigenvalue weighted by atomic mass is 16.5. The molecule has 0 spiro atoms. The van der Waals surface area contributed by atoms with Gasteiger partial charge in [0, 0.05) is 0 Å². The molecule has 2 unspecified atom stereocenters. The third-order valence-corrected chi connectivity index (χ3v) is 4.58. The summed E-state index contributed by atoms with van der Waals surface area (Å²) in [6.45, 7) is 2.48. The van der Waals surface area contributed by atoms with E-state index in [-0.39, 0.29) is 6.04 Å². The zero-order valence-corrected chi connectivity index (χ0v) is 16.1. The van der Waals surface area contributed by atoms with Crippen LogP contribution in [0.3, 0.4) is 0 Å². The van der Waals surface area contributed by atoms with Gasteiger partial charge in [-0.1, -0.05) is 74.0 Å². The Morgan fingerprint density at radius 2 is 1.70 bits per heavy atom. The lowest BCUT2D eigenvalue weighted by atomic mass is 9.97. The summed E-state index contributed by atoms with van der Waals surface area (Å²) in [7, 11) is 0. The van der Waals surface area contributed by atoms with Gasteiger partial charge in [0.05, 0.1) is 18.8 Å². The Morgan fingerprint density at radius 1 is 1.04 bits per heavy atom. The number of carbonyl (C=O) groups is 1. The number of amides is 1. The van der Waals surface area contributed by atoms with Gasteiger partial charge < -0.3 is 15.2 Å². The summed E-state index contributed by atoms with van der Waals surface area (Å²) in [5.74, 6) is 0. The molecule has 146 valence electrons. The Balaban J connectivity index is 1.85. The molecule has 1 amide bonds. The standard InChI is InChI=1S/C23H31NO3/c1-2-3-17-27-23(26)24-22(20-14-8-5-9-15-20)18-21(25)16-10-13-19-11-6-4-7-12-19/h4-9,11-12,14-15,21-22,25H,2-3,10,13,16-18H2,1H3,(H,24,26). The normalized spacial score (nSPS) is 13.0. The number of aliphatic hydroxyl groups excluding tert-OH is 1. The van der Waals surface area contributed by atoms with Crippen molar-refractivity contribution in [3.8, 4) is 0 Å². The average Bonchev–Trinajstić information content (AvgIpc) is 2.69. The summed E-state index contributed by atoms with van der Waals surface area (Å²) in [5, 5.41) is 13.4. The summed E-state index contributed by atoms with van der Waals surface area (Å²) in [4.78, 5) is 12.1. The van der Waals surface area contributed by atoms with Gasteiger partial charge in [-0.3, -0.25) is 0 Å². The highest BCUT2D eigenvalue weighted by Gasteiger charge is 2.19. The van der Waals surface area contributed by atoms with E-state index < -0.39 is 12.2 Å². The maximum atomic E-state index is 12.1. The van der Waals surface area contributed by atoms with Crippen LogP contribution in [0.2, 0.25) is 0 Å². The second-order valence-corrected chi connectivity index (χ2v) is 6.86. The molecule has 0 aromatic heterocycles. The number of hydrogen-bond acceptors (Lipinski definition) is 3. The topological polar surface area (TPSA) is 58.6 Å². The second-order valence-electron chi connectivity index (χ2n) is 6.86. The van der Waals surface area contributed by atoms with E-state index >= 15 is 0 Å². The van der Waals surface area contributed by atoms with Gasteiger partial charge in [-0.2, -0.15) is 0 Å². The van der Waals surface area contributed by atoms with E-state index in [1.807, 2.05) is 48.5 Å². The van der Waals surface area contributed by atoms with Crippen molar-refractivity contribution in [2.45, 2.75) is 57.6 Å². The Labute approximate surface area is 162 Å². The third-order valence-electron chi connectivity index (χ3n) is 4.58. The fraction of sp³-hybridized carbons (Fsp3) is 0.435. The Kier molecular flexibility index (Phi) is 9.42. The van der Waals surface area contributed by atoms with Gasteiger partial charge >= 0.3 is 6.09 Å². The molecule has 2 atom stereocenters. The van der Waals surface area contributed by atoms with E-state index in [1.165, 1.54) is 5.56 Å². The molecule has 0 aliphatic heterocycles. The summed E-state index contributed by atoms with van der Waals surface area (Å²) < 4.78 is 5.22. The van der Waals surface area contributed by atoms with Crippen LogP contribution in [0.15, 0.2) is 60.7 Å². The number of aliphatic hydroxyl groups is 1. The quantitative estimate of drug-likeness (QED) is 0.546. The first-order chi connectivity index (χ1) is 13.2. The minimum absolute atomic E-state index is 0.257. The van der Waals surface area contributed by atoms with Crippen LogP contribution < -0.4 is 5.32 Å². The van der Waals surface area contributed by atoms with Crippen LogP contribution in [0, 0.1) is 0 Å². The number of benzene rings is 2. The van der Waals surface area contributed by atoms with Crippen molar-refractivity contribution in [1.29, 1.82) is 0 Å². The van der Waals surface area contributed by atoms with Crippen LogP contribution in [0.5, 0.6) is 0 Å². The first-order valence-electron chi connectivity index (χ1n) is 9.89. The van der Waals surface area contributed by atoms with E-state index in [0.29, 0.717) is 19.4 Å². The monoisotopic (exact) mass is 369 g/mol. The van der Waals surface area contributed by atoms with Gasteiger partial charge in [0.25, 0.3) is 0 Å². The Bertz CT molecular complexity index is 645. The minimum atomic E-state index is -0.477. The molecule has 0 aliphatic carbocycles. The van der Waals surface area contributed by atoms with Crippen LogP contribution in [-0.4, -0.2) is 23.9 Å². The van der Waals surface area contributed by atoms with E-state index in [4.69, 9.17) is 4.74 Å². The van der Waals surface area contributed by atoms with Gasteiger partial charge in [-0.15, -0.1) is 0 Å².